The fourth-order valence-corrected chi connectivity index (χ4v) is 3.29. The van der Waals surface area contributed by atoms with Crippen LogP contribution in [0, 0.1) is 0 Å². The van der Waals surface area contributed by atoms with Crippen molar-refractivity contribution in [3.8, 4) is 0 Å². The molecule has 0 radical (unpaired) electrons. The van der Waals surface area contributed by atoms with Gasteiger partial charge in [0.25, 0.3) is 0 Å². The molecule has 0 spiro atoms. The SMILES string of the molecule is CN(C)c1ccnc(N(C)C2CCN(Cc3cscn3)C2)n1. The Balaban J connectivity index is 1.63. The molecule has 1 atom stereocenters. The van der Waals surface area contributed by atoms with Crippen molar-refractivity contribution in [3.63, 3.8) is 0 Å². The van der Waals surface area contributed by atoms with Crippen LogP contribution in [0.5, 0.6) is 0 Å². The highest BCUT2D eigenvalue weighted by Gasteiger charge is 2.27. The molecular weight excluding hydrogens is 296 g/mol. The maximum atomic E-state index is 4.63. The Morgan fingerprint density at radius 3 is 2.91 bits per heavy atom. The molecule has 0 aromatic carbocycles. The minimum atomic E-state index is 0.455. The molecule has 1 unspecified atom stereocenters. The Kier molecular flexibility index (Phi) is 4.54. The standard InChI is InChI=1S/C15H22N6S/c1-19(2)14-4-6-16-15(18-14)20(3)13-5-7-21(9-13)8-12-10-22-11-17-12/h4,6,10-11,13H,5,7-9H2,1-3H3. The van der Waals surface area contributed by atoms with E-state index in [-0.39, 0.29) is 0 Å². The summed E-state index contributed by atoms with van der Waals surface area (Å²) in [6.07, 6.45) is 2.96. The Morgan fingerprint density at radius 1 is 1.32 bits per heavy atom. The lowest BCUT2D eigenvalue weighted by atomic mass is 10.2. The summed E-state index contributed by atoms with van der Waals surface area (Å²) in [6, 6.07) is 2.39. The van der Waals surface area contributed by atoms with E-state index in [9.17, 15) is 0 Å². The summed E-state index contributed by atoms with van der Waals surface area (Å²) in [7, 11) is 6.08. The highest BCUT2D eigenvalue weighted by molar-refractivity contribution is 7.07. The van der Waals surface area contributed by atoms with Crippen LogP contribution in [0.4, 0.5) is 11.8 Å². The molecule has 1 aliphatic rings. The molecule has 0 aliphatic carbocycles. The van der Waals surface area contributed by atoms with E-state index >= 15 is 0 Å². The summed E-state index contributed by atoms with van der Waals surface area (Å²) < 4.78 is 0. The molecule has 118 valence electrons. The van der Waals surface area contributed by atoms with Gasteiger partial charge in [0.05, 0.1) is 11.2 Å². The van der Waals surface area contributed by atoms with Crippen LogP contribution in [0.25, 0.3) is 0 Å². The molecule has 22 heavy (non-hydrogen) atoms. The summed E-state index contributed by atoms with van der Waals surface area (Å²) >= 11 is 1.66. The quantitative estimate of drug-likeness (QED) is 0.836. The van der Waals surface area contributed by atoms with Gasteiger partial charge in [0, 0.05) is 58.4 Å². The number of hydrogen-bond acceptors (Lipinski definition) is 7. The predicted octanol–water partition coefficient (Wildman–Crippen LogP) is 1.71. The third-order valence-corrected chi connectivity index (χ3v) is 4.70. The van der Waals surface area contributed by atoms with E-state index in [4.69, 9.17) is 0 Å². The predicted molar refractivity (Wildman–Crippen MR) is 90.6 cm³/mol. The van der Waals surface area contributed by atoms with Crippen LogP contribution in [0.15, 0.2) is 23.2 Å². The lowest BCUT2D eigenvalue weighted by Crippen LogP contribution is -2.35. The van der Waals surface area contributed by atoms with Crippen LogP contribution in [-0.4, -0.2) is 60.1 Å². The monoisotopic (exact) mass is 318 g/mol. The lowest BCUT2D eigenvalue weighted by Gasteiger charge is -2.25. The van der Waals surface area contributed by atoms with Crippen molar-refractivity contribution in [3.05, 3.63) is 28.8 Å². The van der Waals surface area contributed by atoms with Crippen molar-refractivity contribution in [1.82, 2.24) is 19.9 Å². The van der Waals surface area contributed by atoms with E-state index in [1.807, 2.05) is 36.8 Å². The summed E-state index contributed by atoms with van der Waals surface area (Å²) in [4.78, 5) is 20.1. The Hall–Kier alpha value is -1.73. The van der Waals surface area contributed by atoms with E-state index in [0.29, 0.717) is 6.04 Å². The number of nitrogens with zero attached hydrogens (tertiary/aromatic N) is 6. The number of likely N-dealkylation sites (tertiary alicyclic amines) is 1. The van der Waals surface area contributed by atoms with Gasteiger partial charge in [-0.05, 0) is 12.5 Å². The molecule has 0 saturated carbocycles. The second-order valence-corrected chi connectivity index (χ2v) is 6.60. The molecule has 0 N–H and O–H groups in total. The number of aromatic nitrogens is 3. The summed E-state index contributed by atoms with van der Waals surface area (Å²) in [5.41, 5.74) is 3.06. The van der Waals surface area contributed by atoms with Gasteiger partial charge in [-0.1, -0.05) is 0 Å². The zero-order valence-electron chi connectivity index (χ0n) is 13.3. The van der Waals surface area contributed by atoms with Gasteiger partial charge in [0.15, 0.2) is 0 Å². The molecule has 6 nitrogen and oxygen atoms in total. The van der Waals surface area contributed by atoms with Gasteiger partial charge in [-0.15, -0.1) is 11.3 Å². The molecule has 2 aromatic rings. The summed E-state index contributed by atoms with van der Waals surface area (Å²) in [5, 5.41) is 2.13. The number of anilines is 2. The molecule has 1 saturated heterocycles. The van der Waals surface area contributed by atoms with Crippen molar-refractivity contribution >= 4 is 23.1 Å². The fraction of sp³-hybridized carbons (Fsp3) is 0.533. The normalized spacial score (nSPS) is 18.6. The van der Waals surface area contributed by atoms with E-state index < -0.39 is 0 Å². The maximum Gasteiger partial charge on any atom is 0.227 e. The molecule has 7 heteroatoms. The smallest absolute Gasteiger partial charge is 0.227 e. The van der Waals surface area contributed by atoms with Crippen LogP contribution >= 0.6 is 11.3 Å². The van der Waals surface area contributed by atoms with Crippen molar-refractivity contribution in [2.45, 2.75) is 19.0 Å². The van der Waals surface area contributed by atoms with Gasteiger partial charge in [-0.2, -0.15) is 4.98 Å². The molecule has 3 rings (SSSR count). The highest BCUT2D eigenvalue weighted by Crippen LogP contribution is 2.21. The van der Waals surface area contributed by atoms with E-state index in [1.165, 1.54) is 5.69 Å². The minimum Gasteiger partial charge on any atom is -0.363 e. The zero-order valence-corrected chi connectivity index (χ0v) is 14.1. The van der Waals surface area contributed by atoms with Crippen molar-refractivity contribution < 1.29 is 0 Å². The lowest BCUT2D eigenvalue weighted by molar-refractivity contribution is 0.322. The maximum absolute atomic E-state index is 4.63. The average molecular weight is 318 g/mol. The third-order valence-electron chi connectivity index (χ3n) is 4.07. The van der Waals surface area contributed by atoms with Gasteiger partial charge < -0.3 is 9.80 Å². The van der Waals surface area contributed by atoms with Gasteiger partial charge in [0.1, 0.15) is 5.82 Å². The van der Waals surface area contributed by atoms with E-state index in [2.05, 4.69) is 37.2 Å². The Bertz CT molecular complexity index is 600. The first-order valence-corrected chi connectivity index (χ1v) is 8.40. The van der Waals surface area contributed by atoms with Gasteiger partial charge >= 0.3 is 0 Å². The molecule has 0 amide bonds. The Labute approximate surface area is 135 Å². The first-order chi connectivity index (χ1) is 10.6. The summed E-state index contributed by atoms with van der Waals surface area (Å²) in [6.45, 7) is 3.07. The Morgan fingerprint density at radius 2 is 2.18 bits per heavy atom. The minimum absolute atomic E-state index is 0.455. The van der Waals surface area contributed by atoms with Crippen molar-refractivity contribution in [2.75, 3.05) is 44.0 Å². The van der Waals surface area contributed by atoms with Crippen LogP contribution in [-0.2, 0) is 6.54 Å². The van der Waals surface area contributed by atoms with Crippen LogP contribution < -0.4 is 9.80 Å². The number of rotatable bonds is 5. The molecular formula is C15H22N6S. The first-order valence-electron chi connectivity index (χ1n) is 7.46. The van der Waals surface area contributed by atoms with Crippen molar-refractivity contribution in [1.29, 1.82) is 0 Å². The van der Waals surface area contributed by atoms with Gasteiger partial charge in [0.2, 0.25) is 5.95 Å². The van der Waals surface area contributed by atoms with E-state index in [0.717, 1.165) is 37.8 Å². The molecule has 1 aliphatic heterocycles. The largest absolute Gasteiger partial charge is 0.363 e. The van der Waals surface area contributed by atoms with Crippen LogP contribution in [0.1, 0.15) is 12.1 Å². The number of thiazole rings is 1. The average Bonchev–Trinajstić information content (AvgIpc) is 3.19. The molecule has 0 bridgehead atoms. The van der Waals surface area contributed by atoms with Gasteiger partial charge in [-0.25, -0.2) is 9.97 Å². The van der Waals surface area contributed by atoms with Crippen LogP contribution in [0.2, 0.25) is 0 Å². The molecule has 3 heterocycles. The zero-order chi connectivity index (χ0) is 15.5. The highest BCUT2D eigenvalue weighted by atomic mass is 32.1. The second-order valence-electron chi connectivity index (χ2n) is 5.88. The van der Waals surface area contributed by atoms with Gasteiger partial charge in [-0.3, -0.25) is 4.90 Å². The fourth-order valence-electron chi connectivity index (χ4n) is 2.74. The molecule has 2 aromatic heterocycles. The van der Waals surface area contributed by atoms with E-state index in [1.54, 1.807) is 11.3 Å². The third kappa shape index (κ3) is 3.36. The summed E-state index contributed by atoms with van der Waals surface area (Å²) in [5.74, 6) is 1.74. The first kappa shape index (κ1) is 15.2. The topological polar surface area (TPSA) is 48.4 Å². The number of likely N-dealkylation sites (N-methyl/N-ethyl adjacent to an activating group) is 1. The van der Waals surface area contributed by atoms with Crippen molar-refractivity contribution in [2.24, 2.45) is 0 Å². The number of hydrogen-bond donors (Lipinski definition) is 0. The molecule has 1 fully saturated rings. The van der Waals surface area contributed by atoms with Crippen LogP contribution in [0.3, 0.4) is 0 Å². The second kappa shape index (κ2) is 6.58.